The van der Waals surface area contributed by atoms with Crippen LogP contribution in [0.15, 0.2) is 36.4 Å². The van der Waals surface area contributed by atoms with Crippen LogP contribution in [-0.2, 0) is 0 Å². The molecule has 0 amide bonds. The molecule has 2 aromatic carbocycles. The predicted octanol–water partition coefficient (Wildman–Crippen LogP) is 8.66. The lowest BCUT2D eigenvalue weighted by atomic mass is 9.91. The lowest BCUT2D eigenvalue weighted by Crippen LogP contribution is -2.34. The van der Waals surface area contributed by atoms with Crippen LogP contribution in [0.25, 0.3) is 0 Å². The number of rotatable bonds is 6. The van der Waals surface area contributed by atoms with E-state index in [1.807, 2.05) is 0 Å². The summed E-state index contributed by atoms with van der Waals surface area (Å²) in [6, 6.07) is 14.8. The van der Waals surface area contributed by atoms with E-state index in [9.17, 15) is 0 Å². The van der Waals surface area contributed by atoms with Gasteiger partial charge in [0.05, 0.1) is 6.67 Å². The summed E-state index contributed by atoms with van der Waals surface area (Å²) < 4.78 is 0. The fourth-order valence-corrected chi connectivity index (χ4v) is 5.18. The van der Waals surface area contributed by atoms with Crippen molar-refractivity contribution >= 4 is 23.8 Å². The Labute approximate surface area is 203 Å². The molecular weight excluding hydrogens is 412 g/mol. The predicted molar refractivity (Wildman–Crippen MR) is 145 cm³/mol. The van der Waals surface area contributed by atoms with Crippen LogP contribution in [0.3, 0.4) is 0 Å². The maximum Gasteiger partial charge on any atom is 0.0910 e. The number of para-hydroxylation sites is 2. The van der Waals surface area contributed by atoms with Gasteiger partial charge in [-0.05, 0) is 59.8 Å². The molecule has 0 aliphatic carbocycles. The molecule has 2 atom stereocenters. The molecule has 0 spiro atoms. The Balaban J connectivity index is 0.00000363. The molecule has 2 unspecified atom stereocenters. The SMILES string of the molecule is CC(C)c1cccc(C(C)C)c1N1CN(c2c(C(C)C)cccc2C(C)C)C(C)C1C.Cl. The topological polar surface area (TPSA) is 6.48 Å². The second-order valence-corrected chi connectivity index (χ2v) is 10.8. The lowest BCUT2D eigenvalue weighted by Gasteiger charge is -2.32. The van der Waals surface area contributed by atoms with Gasteiger partial charge in [-0.1, -0.05) is 91.8 Å². The number of hydrogen-bond acceptors (Lipinski definition) is 2. The molecule has 1 fully saturated rings. The third-order valence-electron chi connectivity index (χ3n) is 7.25. The highest BCUT2D eigenvalue weighted by atomic mass is 35.5. The van der Waals surface area contributed by atoms with Gasteiger partial charge in [0.2, 0.25) is 0 Å². The summed E-state index contributed by atoms with van der Waals surface area (Å²) in [6.45, 7) is 24.4. The van der Waals surface area contributed by atoms with Crippen LogP contribution in [0.2, 0.25) is 0 Å². The minimum atomic E-state index is 0. The average Bonchev–Trinajstić information content (AvgIpc) is 3.00. The summed E-state index contributed by atoms with van der Waals surface area (Å²) in [5.74, 6) is 2.05. The van der Waals surface area contributed by atoms with Crippen LogP contribution in [-0.4, -0.2) is 18.8 Å². The molecule has 1 saturated heterocycles. The van der Waals surface area contributed by atoms with E-state index in [0.717, 1.165) is 6.67 Å². The summed E-state index contributed by atoms with van der Waals surface area (Å²) in [5, 5.41) is 0. The third-order valence-corrected chi connectivity index (χ3v) is 7.25. The maximum atomic E-state index is 2.69. The van der Waals surface area contributed by atoms with E-state index in [0.29, 0.717) is 35.8 Å². The Bertz CT molecular complexity index is 774. The normalized spacial score (nSPS) is 18.9. The zero-order valence-corrected chi connectivity index (χ0v) is 22.8. The summed E-state index contributed by atoms with van der Waals surface area (Å²) in [6.07, 6.45) is 0. The molecule has 0 saturated carbocycles. The molecule has 3 heteroatoms. The molecule has 0 N–H and O–H groups in total. The van der Waals surface area contributed by atoms with Gasteiger partial charge in [-0.25, -0.2) is 0 Å². The Hall–Kier alpha value is -1.67. The Morgan fingerprint density at radius 1 is 0.562 bits per heavy atom. The maximum absolute atomic E-state index is 2.69. The first-order valence-electron chi connectivity index (χ1n) is 12.3. The van der Waals surface area contributed by atoms with E-state index >= 15 is 0 Å². The van der Waals surface area contributed by atoms with Crippen molar-refractivity contribution in [2.24, 2.45) is 0 Å². The van der Waals surface area contributed by atoms with Gasteiger partial charge < -0.3 is 9.80 Å². The fourth-order valence-electron chi connectivity index (χ4n) is 5.18. The van der Waals surface area contributed by atoms with Crippen LogP contribution in [0.4, 0.5) is 11.4 Å². The molecule has 2 nitrogen and oxygen atoms in total. The van der Waals surface area contributed by atoms with E-state index in [-0.39, 0.29) is 12.4 Å². The molecule has 1 aliphatic heterocycles. The van der Waals surface area contributed by atoms with Crippen LogP contribution < -0.4 is 9.80 Å². The first kappa shape index (κ1) is 26.6. The van der Waals surface area contributed by atoms with Crippen molar-refractivity contribution in [3.8, 4) is 0 Å². The van der Waals surface area contributed by atoms with Crippen LogP contribution >= 0.6 is 12.4 Å². The Morgan fingerprint density at radius 2 is 0.812 bits per heavy atom. The minimum Gasteiger partial charge on any atom is -0.349 e. The highest BCUT2D eigenvalue weighted by molar-refractivity contribution is 5.85. The second-order valence-electron chi connectivity index (χ2n) is 10.8. The van der Waals surface area contributed by atoms with Gasteiger partial charge >= 0.3 is 0 Å². The van der Waals surface area contributed by atoms with E-state index in [1.165, 1.54) is 33.6 Å². The van der Waals surface area contributed by atoms with Crippen LogP contribution in [0, 0.1) is 0 Å². The zero-order valence-electron chi connectivity index (χ0n) is 21.9. The van der Waals surface area contributed by atoms with Crippen molar-refractivity contribution in [1.29, 1.82) is 0 Å². The smallest absolute Gasteiger partial charge is 0.0910 e. The Morgan fingerprint density at radius 3 is 1.03 bits per heavy atom. The summed E-state index contributed by atoms with van der Waals surface area (Å²) in [7, 11) is 0. The quantitative estimate of drug-likeness (QED) is 0.428. The van der Waals surface area contributed by atoms with Gasteiger partial charge in [0, 0.05) is 23.5 Å². The first-order valence-corrected chi connectivity index (χ1v) is 12.3. The largest absolute Gasteiger partial charge is 0.349 e. The van der Waals surface area contributed by atoms with Crippen LogP contribution in [0.1, 0.15) is 115 Å². The van der Waals surface area contributed by atoms with Gasteiger partial charge in [0.15, 0.2) is 0 Å². The number of nitrogens with zero attached hydrogens (tertiary/aromatic N) is 2. The molecule has 2 aromatic rings. The number of halogens is 1. The van der Waals surface area contributed by atoms with Gasteiger partial charge in [0.25, 0.3) is 0 Å². The Kier molecular flexibility index (Phi) is 8.73. The molecule has 1 aliphatic rings. The van der Waals surface area contributed by atoms with Gasteiger partial charge in [-0.3, -0.25) is 0 Å². The van der Waals surface area contributed by atoms with Crippen molar-refractivity contribution in [1.82, 2.24) is 0 Å². The first-order chi connectivity index (χ1) is 14.6. The molecule has 1 heterocycles. The molecule has 0 radical (unpaired) electrons. The zero-order chi connectivity index (χ0) is 23.0. The number of benzene rings is 2. The summed E-state index contributed by atoms with van der Waals surface area (Å²) >= 11 is 0. The number of hydrogen-bond donors (Lipinski definition) is 0. The summed E-state index contributed by atoms with van der Waals surface area (Å²) in [5.41, 5.74) is 8.87. The van der Waals surface area contributed by atoms with Gasteiger partial charge in [0.1, 0.15) is 0 Å². The minimum absolute atomic E-state index is 0. The molecular formula is C29H45ClN2. The molecule has 0 aromatic heterocycles. The molecule has 3 rings (SSSR count). The van der Waals surface area contributed by atoms with E-state index < -0.39 is 0 Å². The highest BCUT2D eigenvalue weighted by Crippen LogP contribution is 2.43. The lowest BCUT2D eigenvalue weighted by molar-refractivity contribution is 0.636. The monoisotopic (exact) mass is 456 g/mol. The highest BCUT2D eigenvalue weighted by Gasteiger charge is 2.38. The van der Waals surface area contributed by atoms with Gasteiger partial charge in [-0.2, -0.15) is 0 Å². The van der Waals surface area contributed by atoms with Crippen molar-refractivity contribution in [3.05, 3.63) is 58.7 Å². The van der Waals surface area contributed by atoms with Crippen LogP contribution in [0.5, 0.6) is 0 Å². The van der Waals surface area contributed by atoms with Crippen molar-refractivity contribution in [3.63, 3.8) is 0 Å². The third kappa shape index (κ3) is 4.81. The standard InChI is InChI=1S/C29H44N2.ClH/c1-18(2)24-13-11-14-25(19(3)4)28(24)30-17-31(23(10)22(30)9)29-26(20(5)6)15-12-16-27(29)21(7)8;/h11-16,18-23H,17H2,1-10H3;1H. The van der Waals surface area contributed by atoms with E-state index in [2.05, 4.69) is 115 Å². The van der Waals surface area contributed by atoms with Crippen molar-refractivity contribution in [2.75, 3.05) is 16.5 Å². The van der Waals surface area contributed by atoms with E-state index in [1.54, 1.807) is 0 Å². The van der Waals surface area contributed by atoms with Gasteiger partial charge in [-0.15, -0.1) is 12.4 Å². The molecule has 32 heavy (non-hydrogen) atoms. The molecule has 178 valence electrons. The van der Waals surface area contributed by atoms with Crippen molar-refractivity contribution < 1.29 is 0 Å². The number of anilines is 2. The fraction of sp³-hybridized carbons (Fsp3) is 0.586. The average molecular weight is 457 g/mol. The molecule has 0 bridgehead atoms. The second kappa shape index (κ2) is 10.5. The summed E-state index contributed by atoms with van der Waals surface area (Å²) in [4.78, 5) is 5.38. The van der Waals surface area contributed by atoms with Crippen molar-refractivity contribution in [2.45, 2.75) is 105 Å². The van der Waals surface area contributed by atoms with E-state index in [4.69, 9.17) is 0 Å².